The molecule has 1 saturated heterocycles. The molecule has 0 spiro atoms. The first kappa shape index (κ1) is 13.8. The van der Waals surface area contributed by atoms with Crippen molar-refractivity contribution in [2.75, 3.05) is 18.0 Å². The maximum Gasteiger partial charge on any atom is 0.212 e. The Morgan fingerprint density at radius 3 is 2.81 bits per heavy atom. The number of benzene rings is 1. The number of aromatic nitrogens is 4. The van der Waals surface area contributed by atoms with Gasteiger partial charge in [-0.1, -0.05) is 0 Å². The molecule has 1 aliphatic rings. The number of tetrazole rings is 1. The normalized spacial score (nSPS) is 18.8. The van der Waals surface area contributed by atoms with Gasteiger partial charge < -0.3 is 15.4 Å². The van der Waals surface area contributed by atoms with Gasteiger partial charge >= 0.3 is 0 Å². The van der Waals surface area contributed by atoms with Gasteiger partial charge in [0.2, 0.25) is 5.82 Å². The molecule has 1 aromatic carbocycles. The van der Waals surface area contributed by atoms with Crippen molar-refractivity contribution in [1.82, 2.24) is 20.2 Å². The number of ether oxygens (including phenoxy) is 1. The van der Waals surface area contributed by atoms with Crippen molar-refractivity contribution in [3.8, 4) is 5.75 Å². The molecule has 2 heterocycles. The van der Waals surface area contributed by atoms with Gasteiger partial charge in [-0.05, 0) is 42.3 Å². The van der Waals surface area contributed by atoms with E-state index in [9.17, 15) is 0 Å². The van der Waals surface area contributed by atoms with E-state index in [-0.39, 0.29) is 6.04 Å². The third-order valence-electron chi connectivity index (χ3n) is 3.58. The molecule has 2 N–H and O–H groups in total. The summed E-state index contributed by atoms with van der Waals surface area (Å²) in [5.41, 5.74) is 7.21. The highest BCUT2D eigenvalue weighted by Gasteiger charge is 2.16. The van der Waals surface area contributed by atoms with Crippen LogP contribution in [0.5, 0.6) is 5.75 Å². The number of anilines is 1. The van der Waals surface area contributed by atoms with Gasteiger partial charge in [-0.2, -0.15) is 4.80 Å². The standard InChI is InChI=1S/C14H20N6O/c1-19-17-14(16-18-19)10-21-13-6-4-12(5-7-13)20-8-2-3-11(15)9-20/h4-7,11H,2-3,8-10,15H2,1H3. The lowest BCUT2D eigenvalue weighted by molar-refractivity contribution is 0.295. The Kier molecular flexibility index (Phi) is 4.01. The first-order valence-electron chi connectivity index (χ1n) is 7.17. The molecule has 0 bridgehead atoms. The minimum absolute atomic E-state index is 0.275. The van der Waals surface area contributed by atoms with Crippen LogP contribution in [0.1, 0.15) is 18.7 Å². The monoisotopic (exact) mass is 288 g/mol. The molecule has 0 saturated carbocycles. The van der Waals surface area contributed by atoms with E-state index in [2.05, 4.69) is 32.4 Å². The summed E-state index contributed by atoms with van der Waals surface area (Å²) in [5, 5.41) is 11.7. The first-order chi connectivity index (χ1) is 10.2. The lowest BCUT2D eigenvalue weighted by Gasteiger charge is -2.32. The van der Waals surface area contributed by atoms with Crippen LogP contribution in [0.4, 0.5) is 5.69 Å². The minimum Gasteiger partial charge on any atom is -0.485 e. The van der Waals surface area contributed by atoms with Gasteiger partial charge in [-0.25, -0.2) is 0 Å². The van der Waals surface area contributed by atoms with E-state index in [1.807, 2.05) is 12.1 Å². The minimum atomic E-state index is 0.275. The zero-order valence-corrected chi connectivity index (χ0v) is 12.1. The topological polar surface area (TPSA) is 82.1 Å². The predicted molar refractivity (Wildman–Crippen MR) is 79.0 cm³/mol. The van der Waals surface area contributed by atoms with Crippen LogP contribution in [0.2, 0.25) is 0 Å². The number of hydrogen-bond acceptors (Lipinski definition) is 6. The van der Waals surface area contributed by atoms with Crippen molar-refractivity contribution in [3.63, 3.8) is 0 Å². The largest absolute Gasteiger partial charge is 0.485 e. The van der Waals surface area contributed by atoms with Crippen molar-refractivity contribution in [3.05, 3.63) is 30.1 Å². The second kappa shape index (κ2) is 6.09. The van der Waals surface area contributed by atoms with E-state index < -0.39 is 0 Å². The van der Waals surface area contributed by atoms with E-state index in [0.29, 0.717) is 12.4 Å². The van der Waals surface area contributed by atoms with E-state index in [1.54, 1.807) is 7.05 Å². The fourth-order valence-electron chi connectivity index (χ4n) is 2.53. The van der Waals surface area contributed by atoms with Crippen LogP contribution in [0.25, 0.3) is 0 Å². The van der Waals surface area contributed by atoms with Crippen molar-refractivity contribution >= 4 is 5.69 Å². The zero-order chi connectivity index (χ0) is 14.7. The zero-order valence-electron chi connectivity index (χ0n) is 12.1. The number of hydrogen-bond donors (Lipinski definition) is 1. The van der Waals surface area contributed by atoms with Gasteiger partial charge in [-0.3, -0.25) is 0 Å². The molecule has 0 aliphatic carbocycles. The highest BCUT2D eigenvalue weighted by molar-refractivity contribution is 5.49. The fourth-order valence-corrected chi connectivity index (χ4v) is 2.53. The fraction of sp³-hybridized carbons (Fsp3) is 0.500. The highest BCUT2D eigenvalue weighted by atomic mass is 16.5. The summed E-state index contributed by atoms with van der Waals surface area (Å²) in [6.07, 6.45) is 2.26. The number of nitrogens with zero attached hydrogens (tertiary/aromatic N) is 5. The third-order valence-corrected chi connectivity index (χ3v) is 3.58. The molecule has 7 nitrogen and oxygen atoms in total. The Balaban J connectivity index is 1.58. The molecule has 1 atom stereocenters. The summed E-state index contributed by atoms with van der Waals surface area (Å²) < 4.78 is 5.65. The summed E-state index contributed by atoms with van der Waals surface area (Å²) in [6, 6.07) is 8.34. The van der Waals surface area contributed by atoms with Crippen LogP contribution in [0.15, 0.2) is 24.3 Å². The average molecular weight is 288 g/mol. The molecule has 1 fully saturated rings. The summed E-state index contributed by atoms with van der Waals surface area (Å²) in [4.78, 5) is 3.74. The molecular weight excluding hydrogens is 268 g/mol. The summed E-state index contributed by atoms with van der Waals surface area (Å²) in [6.45, 7) is 2.31. The molecule has 7 heteroatoms. The number of nitrogens with two attached hydrogens (primary N) is 1. The Hall–Kier alpha value is -2.15. The van der Waals surface area contributed by atoms with Crippen molar-refractivity contribution < 1.29 is 4.74 Å². The molecule has 0 amide bonds. The Morgan fingerprint density at radius 2 is 2.14 bits per heavy atom. The first-order valence-corrected chi connectivity index (χ1v) is 7.17. The Morgan fingerprint density at radius 1 is 1.33 bits per heavy atom. The van der Waals surface area contributed by atoms with Gasteiger partial charge in [0, 0.05) is 24.8 Å². The molecule has 112 valence electrons. The molecule has 21 heavy (non-hydrogen) atoms. The van der Waals surface area contributed by atoms with Crippen LogP contribution >= 0.6 is 0 Å². The molecule has 0 radical (unpaired) electrons. The van der Waals surface area contributed by atoms with E-state index >= 15 is 0 Å². The SMILES string of the molecule is Cn1nnc(COc2ccc(N3CCCC(N)C3)cc2)n1. The number of piperidine rings is 1. The van der Waals surface area contributed by atoms with Crippen LogP contribution in [0, 0.1) is 0 Å². The number of rotatable bonds is 4. The molecule has 1 aromatic heterocycles. The van der Waals surface area contributed by atoms with Gasteiger partial charge in [0.15, 0.2) is 6.61 Å². The molecule has 1 unspecified atom stereocenters. The summed E-state index contributed by atoms with van der Waals surface area (Å²) in [7, 11) is 1.73. The van der Waals surface area contributed by atoms with Crippen molar-refractivity contribution in [2.24, 2.45) is 12.8 Å². The Bertz CT molecular complexity index is 581. The maximum atomic E-state index is 6.02. The van der Waals surface area contributed by atoms with E-state index in [1.165, 1.54) is 10.5 Å². The second-order valence-electron chi connectivity index (χ2n) is 5.33. The number of aryl methyl sites for hydroxylation is 1. The second-order valence-corrected chi connectivity index (χ2v) is 5.33. The third kappa shape index (κ3) is 3.49. The smallest absolute Gasteiger partial charge is 0.212 e. The Labute approximate surface area is 123 Å². The molecule has 3 rings (SSSR count). The van der Waals surface area contributed by atoms with Gasteiger partial charge in [0.05, 0.1) is 7.05 Å². The van der Waals surface area contributed by atoms with Crippen LogP contribution in [0.3, 0.4) is 0 Å². The van der Waals surface area contributed by atoms with E-state index in [0.717, 1.165) is 31.7 Å². The molecular formula is C14H20N6O. The quantitative estimate of drug-likeness (QED) is 0.892. The highest BCUT2D eigenvalue weighted by Crippen LogP contribution is 2.22. The summed E-state index contributed by atoms with van der Waals surface area (Å²) in [5.74, 6) is 1.37. The van der Waals surface area contributed by atoms with E-state index in [4.69, 9.17) is 10.5 Å². The van der Waals surface area contributed by atoms with Crippen LogP contribution in [-0.4, -0.2) is 39.3 Å². The van der Waals surface area contributed by atoms with Crippen LogP contribution in [-0.2, 0) is 13.7 Å². The van der Waals surface area contributed by atoms with Gasteiger partial charge in [-0.15, -0.1) is 10.2 Å². The van der Waals surface area contributed by atoms with Crippen molar-refractivity contribution in [2.45, 2.75) is 25.5 Å². The predicted octanol–water partition coefficient (Wildman–Crippen LogP) is 0.717. The molecule has 2 aromatic rings. The maximum absolute atomic E-state index is 6.02. The van der Waals surface area contributed by atoms with Gasteiger partial charge in [0.25, 0.3) is 0 Å². The lowest BCUT2D eigenvalue weighted by Crippen LogP contribution is -2.42. The molecule has 1 aliphatic heterocycles. The average Bonchev–Trinajstić information content (AvgIpc) is 2.91. The van der Waals surface area contributed by atoms with Gasteiger partial charge in [0.1, 0.15) is 5.75 Å². The summed E-state index contributed by atoms with van der Waals surface area (Å²) >= 11 is 0. The van der Waals surface area contributed by atoms with Crippen molar-refractivity contribution in [1.29, 1.82) is 0 Å². The lowest BCUT2D eigenvalue weighted by atomic mass is 10.1. The van der Waals surface area contributed by atoms with Crippen LogP contribution < -0.4 is 15.4 Å².